The van der Waals surface area contributed by atoms with E-state index in [2.05, 4.69) is 0 Å². The van der Waals surface area contributed by atoms with Crippen LogP contribution in [0.3, 0.4) is 0 Å². The van der Waals surface area contributed by atoms with Crippen molar-refractivity contribution in [3.8, 4) is 11.1 Å². The summed E-state index contributed by atoms with van der Waals surface area (Å²) >= 11 is 0. The number of likely N-dealkylation sites (tertiary alicyclic amines) is 1. The van der Waals surface area contributed by atoms with Crippen molar-refractivity contribution in [2.75, 3.05) is 13.1 Å². The third-order valence-corrected chi connectivity index (χ3v) is 5.36. The third-order valence-electron chi connectivity index (χ3n) is 5.36. The molecule has 1 aliphatic rings. The number of aryl methyl sites for hydroxylation is 1. The molecule has 1 aliphatic heterocycles. The second-order valence-electron chi connectivity index (χ2n) is 7.78. The number of carbonyl (C=O) groups is 2. The lowest BCUT2D eigenvalue weighted by Gasteiger charge is -2.25. The van der Waals surface area contributed by atoms with Crippen LogP contribution in [0, 0.1) is 0 Å². The number of alkyl halides is 4. The van der Waals surface area contributed by atoms with Crippen LogP contribution in [0.5, 0.6) is 0 Å². The highest BCUT2D eigenvalue weighted by molar-refractivity contribution is 5.83. The number of carboxylic acid groups (broad SMARTS) is 1. The van der Waals surface area contributed by atoms with Crippen molar-refractivity contribution in [2.24, 2.45) is 12.8 Å². The first-order valence-electron chi connectivity index (χ1n) is 10.1. The van der Waals surface area contributed by atoms with Crippen molar-refractivity contribution in [1.82, 2.24) is 9.47 Å². The van der Waals surface area contributed by atoms with Crippen molar-refractivity contribution < 1.29 is 32.3 Å². The van der Waals surface area contributed by atoms with Crippen LogP contribution in [-0.2, 0) is 16.6 Å². The van der Waals surface area contributed by atoms with Crippen molar-refractivity contribution in [2.45, 2.75) is 37.7 Å². The maximum atomic E-state index is 13.3. The Kier molecular flexibility index (Phi) is 8.37. The second kappa shape index (κ2) is 10.6. The molecule has 11 heteroatoms. The van der Waals surface area contributed by atoms with Gasteiger partial charge >= 0.3 is 12.1 Å². The summed E-state index contributed by atoms with van der Waals surface area (Å²) in [5, 5.41) is 7.12. The molecular formula is C22H25F4N3O4. The molecule has 180 valence electrons. The van der Waals surface area contributed by atoms with Crippen molar-refractivity contribution in [3.63, 3.8) is 0 Å². The molecule has 0 radical (unpaired) electrons. The van der Waals surface area contributed by atoms with Crippen molar-refractivity contribution in [3.05, 3.63) is 58.5 Å². The number of aromatic nitrogens is 1. The molecule has 0 aliphatic carbocycles. The van der Waals surface area contributed by atoms with E-state index in [9.17, 15) is 27.2 Å². The highest BCUT2D eigenvalue weighted by atomic mass is 19.4. The number of nitrogens with two attached hydrogens (primary N) is 1. The number of nitrogens with zero attached hydrogens (tertiary/aromatic N) is 2. The molecule has 3 atom stereocenters. The lowest BCUT2D eigenvalue weighted by Crippen LogP contribution is -2.45. The number of halogens is 4. The molecule has 0 bridgehead atoms. The molecule has 1 amide bonds. The molecule has 0 unspecified atom stereocenters. The predicted octanol–water partition coefficient (Wildman–Crippen LogP) is 2.69. The van der Waals surface area contributed by atoms with Crippen LogP contribution in [0.25, 0.3) is 11.1 Å². The molecule has 1 aromatic carbocycles. The summed E-state index contributed by atoms with van der Waals surface area (Å²) in [6.07, 6.45) is -3.85. The van der Waals surface area contributed by atoms with E-state index in [1.54, 1.807) is 19.3 Å². The molecule has 0 spiro atoms. The molecule has 3 rings (SSSR count). The summed E-state index contributed by atoms with van der Waals surface area (Å²) in [6.45, 7) is 2.49. The Morgan fingerprint density at radius 1 is 1.12 bits per heavy atom. The average Bonchev–Trinajstić information content (AvgIpc) is 3.20. The van der Waals surface area contributed by atoms with Gasteiger partial charge in [-0.25, -0.2) is 9.18 Å². The van der Waals surface area contributed by atoms with Crippen LogP contribution in [0.4, 0.5) is 17.6 Å². The molecule has 1 fully saturated rings. The van der Waals surface area contributed by atoms with E-state index in [0.29, 0.717) is 13.0 Å². The van der Waals surface area contributed by atoms with Gasteiger partial charge < -0.3 is 20.3 Å². The average molecular weight is 471 g/mol. The molecule has 3 N–H and O–H groups in total. The molecule has 1 saturated heterocycles. The summed E-state index contributed by atoms with van der Waals surface area (Å²) in [5.41, 5.74) is 8.98. The fraction of sp³-hybridized carbons (Fsp3) is 0.409. The van der Waals surface area contributed by atoms with Crippen LogP contribution < -0.4 is 11.3 Å². The van der Waals surface area contributed by atoms with Crippen LogP contribution in [0.15, 0.2) is 47.4 Å². The summed E-state index contributed by atoms with van der Waals surface area (Å²) in [7, 11) is 1.72. The van der Waals surface area contributed by atoms with Gasteiger partial charge in [0.2, 0.25) is 11.5 Å². The third kappa shape index (κ3) is 6.88. The van der Waals surface area contributed by atoms with Gasteiger partial charge in [0.25, 0.3) is 0 Å². The minimum Gasteiger partial charge on any atom is -0.475 e. The SMILES string of the molecule is C[C@@H](c1ccc(-c2ccc(=O)n(C)c2)cc1)[C@H](N)C(=O)N1CC[C@H](F)C1.O=C(O)C(F)(F)F. The standard InChI is InChI=1S/C20H24FN3O2.C2HF3O2/c1-13(19(22)20(26)24-10-9-17(21)12-24)14-3-5-15(6-4-14)16-7-8-18(25)23(2)11-16;3-2(4,5)1(6)7/h3-8,11,13,17,19H,9-10,12,22H2,1-2H3;(H,6,7)/t13-,17-,19-;/m0./s1. The maximum absolute atomic E-state index is 13.3. The van der Waals surface area contributed by atoms with Crippen LogP contribution >= 0.6 is 0 Å². The van der Waals surface area contributed by atoms with Crippen LogP contribution in [0.1, 0.15) is 24.8 Å². The maximum Gasteiger partial charge on any atom is 0.490 e. The zero-order chi connectivity index (χ0) is 24.9. The van der Waals surface area contributed by atoms with Gasteiger partial charge in [-0.3, -0.25) is 9.59 Å². The fourth-order valence-electron chi connectivity index (χ4n) is 3.29. The zero-order valence-electron chi connectivity index (χ0n) is 18.1. The number of carbonyl (C=O) groups excluding carboxylic acids is 1. The topological polar surface area (TPSA) is 106 Å². The smallest absolute Gasteiger partial charge is 0.475 e. The molecule has 2 heterocycles. The minimum atomic E-state index is -5.08. The number of carboxylic acids is 1. The number of rotatable bonds is 4. The Balaban J connectivity index is 0.000000479. The Labute approximate surface area is 187 Å². The van der Waals surface area contributed by atoms with E-state index >= 15 is 0 Å². The van der Waals surface area contributed by atoms with Crippen molar-refractivity contribution in [1.29, 1.82) is 0 Å². The van der Waals surface area contributed by atoms with Gasteiger partial charge in [-0.2, -0.15) is 13.2 Å². The first kappa shape index (κ1) is 26.0. The Morgan fingerprint density at radius 3 is 2.12 bits per heavy atom. The Bertz CT molecular complexity index is 1040. The molecule has 2 aromatic rings. The second-order valence-corrected chi connectivity index (χ2v) is 7.78. The predicted molar refractivity (Wildman–Crippen MR) is 113 cm³/mol. The highest BCUT2D eigenvalue weighted by Crippen LogP contribution is 2.25. The van der Waals surface area contributed by atoms with E-state index in [0.717, 1.165) is 16.7 Å². The quantitative estimate of drug-likeness (QED) is 0.667. The van der Waals surface area contributed by atoms with E-state index < -0.39 is 24.4 Å². The number of pyridine rings is 1. The van der Waals surface area contributed by atoms with Gasteiger partial charge in [-0.1, -0.05) is 31.2 Å². The van der Waals surface area contributed by atoms with E-state index in [-0.39, 0.29) is 23.9 Å². The lowest BCUT2D eigenvalue weighted by atomic mass is 9.91. The molecular weight excluding hydrogens is 446 g/mol. The Morgan fingerprint density at radius 2 is 1.67 bits per heavy atom. The summed E-state index contributed by atoms with van der Waals surface area (Å²) in [5.74, 6) is -3.12. The van der Waals surface area contributed by atoms with Crippen LogP contribution in [0.2, 0.25) is 0 Å². The first-order valence-corrected chi connectivity index (χ1v) is 10.1. The van der Waals surface area contributed by atoms with Gasteiger partial charge in [0, 0.05) is 31.8 Å². The fourth-order valence-corrected chi connectivity index (χ4v) is 3.29. The zero-order valence-corrected chi connectivity index (χ0v) is 18.1. The largest absolute Gasteiger partial charge is 0.490 e. The number of aliphatic carboxylic acids is 1. The molecule has 1 aromatic heterocycles. The summed E-state index contributed by atoms with van der Waals surface area (Å²) in [6, 6.07) is 10.4. The number of amides is 1. The molecule has 33 heavy (non-hydrogen) atoms. The number of hydrogen-bond acceptors (Lipinski definition) is 4. The van der Waals surface area contributed by atoms with Gasteiger partial charge in [0.15, 0.2) is 0 Å². The van der Waals surface area contributed by atoms with Crippen molar-refractivity contribution >= 4 is 11.9 Å². The van der Waals surface area contributed by atoms with Crippen LogP contribution in [-0.4, -0.2) is 57.9 Å². The summed E-state index contributed by atoms with van der Waals surface area (Å²) < 4.78 is 46.6. The molecule has 0 saturated carbocycles. The number of hydrogen-bond donors (Lipinski definition) is 2. The highest BCUT2D eigenvalue weighted by Gasteiger charge is 2.38. The normalized spacial score (nSPS) is 17.7. The van der Waals surface area contributed by atoms with Gasteiger partial charge in [0.1, 0.15) is 6.17 Å². The van der Waals surface area contributed by atoms with E-state index in [4.69, 9.17) is 15.6 Å². The first-order chi connectivity index (χ1) is 15.3. The molecule has 7 nitrogen and oxygen atoms in total. The Hall–Kier alpha value is -3.21. The monoisotopic (exact) mass is 471 g/mol. The van der Waals surface area contributed by atoms with Gasteiger partial charge in [0.05, 0.1) is 12.6 Å². The van der Waals surface area contributed by atoms with E-state index in [1.807, 2.05) is 31.2 Å². The van der Waals surface area contributed by atoms with Gasteiger partial charge in [-0.15, -0.1) is 0 Å². The minimum absolute atomic E-state index is 0.0547. The number of benzene rings is 1. The van der Waals surface area contributed by atoms with E-state index in [1.165, 1.54) is 15.5 Å². The van der Waals surface area contributed by atoms with Gasteiger partial charge in [-0.05, 0) is 29.2 Å². The lowest BCUT2D eigenvalue weighted by molar-refractivity contribution is -0.192. The summed E-state index contributed by atoms with van der Waals surface area (Å²) in [4.78, 5) is 34.4.